The SMILES string of the molecule is CCCC1C=C(P(=O)(OC)OC)OC2(C1)SCCCS2. The van der Waals surface area contributed by atoms with Crippen LogP contribution in [0.4, 0.5) is 0 Å². The average Bonchev–Trinajstić information content (AvgIpc) is 2.47. The Kier molecular flexibility index (Phi) is 5.95. The number of allylic oxidation sites excluding steroid dienone is 1. The molecule has 2 rings (SSSR count). The summed E-state index contributed by atoms with van der Waals surface area (Å²) < 4.78 is 28.6. The molecule has 1 fully saturated rings. The summed E-state index contributed by atoms with van der Waals surface area (Å²) >= 11 is 3.65. The summed E-state index contributed by atoms with van der Waals surface area (Å²) in [4.78, 5) is 0. The van der Waals surface area contributed by atoms with Crippen molar-refractivity contribution >= 4 is 31.1 Å². The summed E-state index contributed by atoms with van der Waals surface area (Å²) in [5.41, 5.74) is 0.397. The van der Waals surface area contributed by atoms with E-state index in [2.05, 4.69) is 6.92 Å². The molecule has 0 aromatic heterocycles. The summed E-state index contributed by atoms with van der Waals surface area (Å²) in [6, 6.07) is 0. The van der Waals surface area contributed by atoms with Crippen molar-refractivity contribution in [3.63, 3.8) is 0 Å². The predicted molar refractivity (Wildman–Crippen MR) is 86.1 cm³/mol. The van der Waals surface area contributed by atoms with E-state index in [1.807, 2.05) is 29.6 Å². The van der Waals surface area contributed by atoms with Crippen molar-refractivity contribution in [1.82, 2.24) is 0 Å². The van der Waals surface area contributed by atoms with Crippen molar-refractivity contribution in [2.45, 2.75) is 36.9 Å². The van der Waals surface area contributed by atoms with Crippen LogP contribution in [0.2, 0.25) is 0 Å². The van der Waals surface area contributed by atoms with Crippen molar-refractivity contribution in [2.24, 2.45) is 5.92 Å². The van der Waals surface area contributed by atoms with Crippen LogP contribution < -0.4 is 0 Å². The van der Waals surface area contributed by atoms with Crippen molar-refractivity contribution in [2.75, 3.05) is 25.7 Å². The maximum Gasteiger partial charge on any atom is 0.394 e. The van der Waals surface area contributed by atoms with E-state index in [1.165, 1.54) is 20.6 Å². The van der Waals surface area contributed by atoms with E-state index < -0.39 is 7.60 Å². The molecule has 2 aliphatic rings. The van der Waals surface area contributed by atoms with Crippen LogP contribution in [0.3, 0.4) is 0 Å². The van der Waals surface area contributed by atoms with Gasteiger partial charge in [0.2, 0.25) is 9.77 Å². The second kappa shape index (κ2) is 7.10. The van der Waals surface area contributed by atoms with E-state index in [0.717, 1.165) is 30.8 Å². The van der Waals surface area contributed by atoms with Crippen molar-refractivity contribution in [1.29, 1.82) is 0 Å². The van der Waals surface area contributed by atoms with Gasteiger partial charge in [-0.05, 0) is 36.3 Å². The first-order valence-corrected chi connectivity index (χ1v) is 10.5. The van der Waals surface area contributed by atoms with Crippen molar-refractivity contribution in [3.8, 4) is 0 Å². The highest BCUT2D eigenvalue weighted by Gasteiger charge is 2.46. The minimum Gasteiger partial charge on any atom is -0.459 e. The van der Waals surface area contributed by atoms with Gasteiger partial charge in [-0.2, -0.15) is 0 Å². The molecule has 1 atom stereocenters. The smallest absolute Gasteiger partial charge is 0.394 e. The van der Waals surface area contributed by atoms with Crippen LogP contribution in [-0.4, -0.2) is 30.0 Å². The molecular formula is C13H23O4PS2. The Balaban J connectivity index is 2.27. The van der Waals surface area contributed by atoms with Gasteiger partial charge in [-0.15, -0.1) is 23.5 Å². The van der Waals surface area contributed by atoms with E-state index in [1.54, 1.807) is 0 Å². The fourth-order valence-corrected chi connectivity index (χ4v) is 6.98. The van der Waals surface area contributed by atoms with Crippen LogP contribution in [0.5, 0.6) is 0 Å². The van der Waals surface area contributed by atoms with Gasteiger partial charge in [-0.25, -0.2) is 0 Å². The molecule has 116 valence electrons. The summed E-state index contributed by atoms with van der Waals surface area (Å²) in [6.07, 6.45) is 6.29. The normalized spacial score (nSPS) is 26.1. The Bertz CT molecular complexity index is 399. The first kappa shape index (κ1) is 16.8. The van der Waals surface area contributed by atoms with Gasteiger partial charge in [-0.1, -0.05) is 13.3 Å². The number of rotatable bonds is 5. The molecule has 0 aliphatic carbocycles. The number of hydrogen-bond donors (Lipinski definition) is 0. The Morgan fingerprint density at radius 3 is 2.60 bits per heavy atom. The van der Waals surface area contributed by atoms with E-state index in [9.17, 15) is 4.57 Å². The zero-order valence-corrected chi connectivity index (χ0v) is 14.8. The second-order valence-corrected chi connectivity index (χ2v) is 10.1. The summed E-state index contributed by atoms with van der Waals surface area (Å²) in [5.74, 6) is 2.55. The molecule has 1 saturated heterocycles. The topological polar surface area (TPSA) is 44.8 Å². The molecule has 0 N–H and O–H groups in total. The Morgan fingerprint density at radius 1 is 1.40 bits per heavy atom. The van der Waals surface area contributed by atoms with E-state index in [4.69, 9.17) is 13.8 Å². The van der Waals surface area contributed by atoms with Gasteiger partial charge in [0.05, 0.1) is 0 Å². The molecule has 0 bridgehead atoms. The second-order valence-electron chi connectivity index (χ2n) is 4.96. The highest BCUT2D eigenvalue weighted by Crippen LogP contribution is 2.62. The van der Waals surface area contributed by atoms with Gasteiger partial charge >= 0.3 is 7.60 Å². The van der Waals surface area contributed by atoms with Crippen molar-refractivity contribution < 1.29 is 18.3 Å². The van der Waals surface area contributed by atoms with Gasteiger partial charge in [0, 0.05) is 20.6 Å². The first-order chi connectivity index (χ1) is 9.57. The minimum atomic E-state index is -3.30. The van der Waals surface area contributed by atoms with Crippen LogP contribution in [0.1, 0.15) is 32.6 Å². The molecule has 1 spiro atoms. The molecule has 0 aromatic rings. The van der Waals surface area contributed by atoms with E-state index >= 15 is 0 Å². The van der Waals surface area contributed by atoms with Crippen LogP contribution in [-0.2, 0) is 18.3 Å². The Labute approximate surface area is 129 Å². The monoisotopic (exact) mass is 338 g/mol. The lowest BCUT2D eigenvalue weighted by molar-refractivity contribution is 0.120. The Hall–Kier alpha value is 0.390. The molecular weight excluding hydrogens is 315 g/mol. The number of thioether (sulfide) groups is 2. The number of ether oxygens (including phenoxy) is 1. The predicted octanol–water partition coefficient (Wildman–Crippen LogP) is 4.67. The fourth-order valence-electron chi connectivity index (χ4n) is 2.51. The molecule has 0 radical (unpaired) electrons. The first-order valence-electron chi connectivity index (χ1n) is 6.98. The maximum absolute atomic E-state index is 12.6. The molecule has 0 aromatic carbocycles. The lowest BCUT2D eigenvalue weighted by Gasteiger charge is -2.42. The van der Waals surface area contributed by atoms with Gasteiger partial charge in [0.1, 0.15) is 0 Å². The third-order valence-corrected chi connectivity index (χ3v) is 8.31. The molecule has 2 heterocycles. The minimum absolute atomic E-state index is 0.311. The van der Waals surface area contributed by atoms with Gasteiger partial charge in [0.15, 0.2) is 0 Å². The fraction of sp³-hybridized carbons (Fsp3) is 0.846. The number of hydrogen-bond acceptors (Lipinski definition) is 6. The average molecular weight is 338 g/mol. The lowest BCUT2D eigenvalue weighted by atomic mass is 9.99. The van der Waals surface area contributed by atoms with E-state index in [0.29, 0.717) is 11.4 Å². The molecule has 0 amide bonds. The van der Waals surface area contributed by atoms with E-state index in [-0.39, 0.29) is 4.27 Å². The standard InChI is InChI=1S/C13H23O4PS2/c1-4-6-11-9-12(18(14,15-2)16-3)17-13(10-11)19-7-5-8-20-13/h9,11H,4-8,10H2,1-3H3. The van der Waals surface area contributed by atoms with Crippen LogP contribution in [0.25, 0.3) is 0 Å². The summed E-state index contributed by atoms with van der Waals surface area (Å²) in [7, 11) is -0.481. The molecule has 2 aliphatic heterocycles. The highest BCUT2D eigenvalue weighted by molar-refractivity contribution is 8.18. The Morgan fingerprint density at radius 2 is 2.05 bits per heavy atom. The van der Waals surface area contributed by atoms with Crippen molar-refractivity contribution in [3.05, 3.63) is 11.6 Å². The highest BCUT2D eigenvalue weighted by atomic mass is 32.2. The molecule has 7 heteroatoms. The zero-order valence-electron chi connectivity index (χ0n) is 12.3. The molecule has 0 saturated carbocycles. The van der Waals surface area contributed by atoms with Gasteiger partial charge in [-0.3, -0.25) is 4.57 Å². The largest absolute Gasteiger partial charge is 0.459 e. The maximum atomic E-state index is 12.6. The summed E-state index contributed by atoms with van der Waals surface area (Å²) in [5, 5.41) is 0. The molecule has 1 unspecified atom stereocenters. The molecule has 20 heavy (non-hydrogen) atoms. The third-order valence-electron chi connectivity index (χ3n) is 3.49. The van der Waals surface area contributed by atoms with Gasteiger partial charge in [0.25, 0.3) is 0 Å². The quantitative estimate of drug-likeness (QED) is 0.679. The van der Waals surface area contributed by atoms with Crippen LogP contribution >= 0.6 is 31.1 Å². The van der Waals surface area contributed by atoms with Crippen LogP contribution in [0, 0.1) is 5.92 Å². The summed E-state index contributed by atoms with van der Waals surface area (Å²) in [6.45, 7) is 2.17. The van der Waals surface area contributed by atoms with Crippen LogP contribution in [0.15, 0.2) is 11.6 Å². The molecule has 4 nitrogen and oxygen atoms in total. The zero-order chi connectivity index (χ0) is 14.6. The van der Waals surface area contributed by atoms with Gasteiger partial charge < -0.3 is 13.8 Å². The lowest BCUT2D eigenvalue weighted by Crippen LogP contribution is -2.34. The third kappa shape index (κ3) is 3.58.